The SMILES string of the molecule is CCOC(=O)C1C(c2ccccc2)=NC(=O)C2c3ccccc3CC12. The highest BCUT2D eigenvalue weighted by molar-refractivity contribution is 6.18. The molecule has 1 aliphatic carbocycles. The third-order valence-electron chi connectivity index (χ3n) is 5.10. The Morgan fingerprint density at radius 1 is 1.12 bits per heavy atom. The summed E-state index contributed by atoms with van der Waals surface area (Å²) in [5.41, 5.74) is 3.48. The van der Waals surface area contributed by atoms with E-state index in [0.717, 1.165) is 16.7 Å². The van der Waals surface area contributed by atoms with Crippen LogP contribution in [-0.4, -0.2) is 24.2 Å². The summed E-state index contributed by atoms with van der Waals surface area (Å²) in [6.07, 6.45) is 0.696. The molecule has 4 nitrogen and oxygen atoms in total. The molecular weight excluding hydrogens is 314 g/mol. The number of hydrogen-bond donors (Lipinski definition) is 0. The summed E-state index contributed by atoms with van der Waals surface area (Å²) in [6, 6.07) is 17.4. The lowest BCUT2D eigenvalue weighted by atomic mass is 9.75. The fourth-order valence-electron chi connectivity index (χ4n) is 4.08. The lowest BCUT2D eigenvalue weighted by Crippen LogP contribution is -2.41. The van der Waals surface area contributed by atoms with E-state index in [2.05, 4.69) is 4.99 Å². The van der Waals surface area contributed by atoms with Gasteiger partial charge in [-0.1, -0.05) is 54.6 Å². The monoisotopic (exact) mass is 333 g/mol. The molecule has 4 heteroatoms. The fourth-order valence-corrected chi connectivity index (χ4v) is 4.08. The summed E-state index contributed by atoms with van der Waals surface area (Å²) >= 11 is 0. The highest BCUT2D eigenvalue weighted by atomic mass is 16.5. The summed E-state index contributed by atoms with van der Waals surface area (Å²) in [5.74, 6) is -1.44. The van der Waals surface area contributed by atoms with Crippen molar-refractivity contribution in [1.29, 1.82) is 0 Å². The van der Waals surface area contributed by atoms with E-state index in [-0.39, 0.29) is 23.7 Å². The van der Waals surface area contributed by atoms with Crippen LogP contribution in [-0.2, 0) is 20.7 Å². The largest absolute Gasteiger partial charge is 0.465 e. The van der Waals surface area contributed by atoms with Crippen LogP contribution in [0.2, 0.25) is 0 Å². The molecule has 1 heterocycles. The first-order valence-corrected chi connectivity index (χ1v) is 8.63. The lowest BCUT2D eigenvalue weighted by molar-refractivity contribution is -0.147. The Kier molecular flexibility index (Phi) is 3.96. The number of hydrogen-bond acceptors (Lipinski definition) is 3. The van der Waals surface area contributed by atoms with Gasteiger partial charge in [-0.15, -0.1) is 0 Å². The Morgan fingerprint density at radius 2 is 1.84 bits per heavy atom. The molecule has 126 valence electrons. The highest BCUT2D eigenvalue weighted by Crippen LogP contribution is 2.46. The van der Waals surface area contributed by atoms with Gasteiger partial charge in [-0.2, -0.15) is 0 Å². The van der Waals surface area contributed by atoms with Crippen molar-refractivity contribution in [3.05, 3.63) is 71.3 Å². The molecule has 0 saturated carbocycles. The zero-order valence-electron chi connectivity index (χ0n) is 14.0. The molecule has 0 radical (unpaired) electrons. The normalized spacial score (nSPS) is 24.3. The van der Waals surface area contributed by atoms with Gasteiger partial charge in [0.05, 0.1) is 18.2 Å². The Balaban J connectivity index is 1.83. The van der Waals surface area contributed by atoms with Crippen LogP contribution < -0.4 is 0 Å². The molecule has 0 N–H and O–H groups in total. The minimum absolute atomic E-state index is 0.128. The maximum absolute atomic E-state index is 12.8. The van der Waals surface area contributed by atoms with E-state index in [9.17, 15) is 9.59 Å². The zero-order valence-corrected chi connectivity index (χ0v) is 14.0. The lowest BCUT2D eigenvalue weighted by Gasteiger charge is -2.31. The quantitative estimate of drug-likeness (QED) is 0.811. The molecule has 25 heavy (non-hydrogen) atoms. The number of nitrogens with zero attached hydrogens (tertiary/aromatic N) is 1. The Hall–Kier alpha value is -2.75. The van der Waals surface area contributed by atoms with E-state index in [4.69, 9.17) is 4.74 Å². The van der Waals surface area contributed by atoms with Gasteiger partial charge in [0, 0.05) is 0 Å². The van der Waals surface area contributed by atoms with Gasteiger partial charge in [0.1, 0.15) is 5.92 Å². The van der Waals surface area contributed by atoms with Crippen molar-refractivity contribution in [2.24, 2.45) is 16.8 Å². The van der Waals surface area contributed by atoms with Crippen LogP contribution in [0.3, 0.4) is 0 Å². The van der Waals surface area contributed by atoms with Crippen molar-refractivity contribution in [3.8, 4) is 0 Å². The maximum Gasteiger partial charge on any atom is 0.315 e. The van der Waals surface area contributed by atoms with E-state index in [0.29, 0.717) is 18.7 Å². The minimum Gasteiger partial charge on any atom is -0.465 e. The van der Waals surface area contributed by atoms with Crippen LogP contribution in [0, 0.1) is 11.8 Å². The Morgan fingerprint density at radius 3 is 2.60 bits per heavy atom. The number of carbonyl (C=O) groups excluding carboxylic acids is 2. The second-order valence-corrected chi connectivity index (χ2v) is 6.48. The van der Waals surface area contributed by atoms with Gasteiger partial charge in [0.25, 0.3) is 5.91 Å². The molecule has 1 amide bonds. The van der Waals surface area contributed by atoms with Crippen molar-refractivity contribution in [1.82, 2.24) is 0 Å². The van der Waals surface area contributed by atoms with Crippen molar-refractivity contribution in [3.63, 3.8) is 0 Å². The standard InChI is InChI=1S/C21H19NO3/c1-2-25-21(24)18-16-12-14-10-6-7-11-15(14)17(16)20(23)22-19(18)13-8-4-3-5-9-13/h3-11,16-18H,2,12H2,1H3. The third-order valence-corrected chi connectivity index (χ3v) is 5.10. The molecule has 2 aliphatic rings. The molecule has 0 saturated heterocycles. The fraction of sp³-hybridized carbons (Fsp3) is 0.286. The molecule has 0 spiro atoms. The Bertz CT molecular complexity index is 856. The molecule has 0 fully saturated rings. The van der Waals surface area contributed by atoms with Gasteiger partial charge in [-0.05, 0) is 36.0 Å². The predicted molar refractivity (Wildman–Crippen MR) is 94.5 cm³/mol. The number of carbonyl (C=O) groups is 2. The van der Waals surface area contributed by atoms with Crippen molar-refractivity contribution >= 4 is 17.6 Å². The van der Waals surface area contributed by atoms with Crippen LogP contribution in [0.5, 0.6) is 0 Å². The molecule has 3 atom stereocenters. The van der Waals surface area contributed by atoms with Gasteiger partial charge in [0.2, 0.25) is 0 Å². The van der Waals surface area contributed by atoms with Crippen molar-refractivity contribution in [2.75, 3.05) is 6.61 Å². The van der Waals surface area contributed by atoms with E-state index in [1.54, 1.807) is 6.92 Å². The first kappa shape index (κ1) is 15.8. The van der Waals surface area contributed by atoms with Crippen molar-refractivity contribution in [2.45, 2.75) is 19.3 Å². The number of aliphatic imine (C=N–C) groups is 1. The molecule has 0 aromatic heterocycles. The first-order valence-electron chi connectivity index (χ1n) is 8.63. The third kappa shape index (κ3) is 2.58. The second kappa shape index (κ2) is 6.28. The summed E-state index contributed by atoms with van der Waals surface area (Å²) in [4.78, 5) is 29.9. The van der Waals surface area contributed by atoms with Gasteiger partial charge in [0.15, 0.2) is 0 Å². The van der Waals surface area contributed by atoms with Gasteiger partial charge in [-0.25, -0.2) is 4.99 Å². The number of rotatable bonds is 3. The van der Waals surface area contributed by atoms with Crippen LogP contribution >= 0.6 is 0 Å². The molecule has 1 aliphatic heterocycles. The summed E-state index contributed by atoms with van der Waals surface area (Å²) < 4.78 is 5.34. The molecule has 4 rings (SSSR count). The molecule has 2 aromatic rings. The second-order valence-electron chi connectivity index (χ2n) is 6.48. The highest BCUT2D eigenvalue weighted by Gasteiger charge is 2.50. The topological polar surface area (TPSA) is 55.7 Å². The minimum atomic E-state index is -0.516. The predicted octanol–water partition coefficient (Wildman–Crippen LogP) is 3.15. The van der Waals surface area contributed by atoms with E-state index in [1.807, 2.05) is 54.6 Å². The number of amides is 1. The van der Waals surface area contributed by atoms with E-state index in [1.165, 1.54) is 0 Å². The van der Waals surface area contributed by atoms with Crippen molar-refractivity contribution < 1.29 is 14.3 Å². The van der Waals surface area contributed by atoms with Crippen LogP contribution in [0.25, 0.3) is 0 Å². The maximum atomic E-state index is 12.8. The molecule has 3 unspecified atom stereocenters. The molecule has 0 bridgehead atoms. The molecule has 2 aromatic carbocycles. The summed E-state index contributed by atoms with van der Waals surface area (Å²) in [7, 11) is 0. The number of esters is 1. The van der Waals surface area contributed by atoms with E-state index >= 15 is 0 Å². The number of fused-ring (bicyclic) bond motifs is 3. The van der Waals surface area contributed by atoms with Crippen LogP contribution in [0.1, 0.15) is 29.5 Å². The van der Waals surface area contributed by atoms with Gasteiger partial charge >= 0.3 is 5.97 Å². The number of ether oxygens (including phenoxy) is 1. The smallest absolute Gasteiger partial charge is 0.315 e. The van der Waals surface area contributed by atoms with Gasteiger partial charge in [-0.3, -0.25) is 9.59 Å². The van der Waals surface area contributed by atoms with Gasteiger partial charge < -0.3 is 4.74 Å². The number of benzene rings is 2. The zero-order chi connectivity index (χ0) is 17.4. The Labute approximate surface area is 146 Å². The molecular formula is C21H19NO3. The van der Waals surface area contributed by atoms with Crippen LogP contribution in [0.15, 0.2) is 59.6 Å². The first-order chi connectivity index (χ1) is 12.2. The van der Waals surface area contributed by atoms with Crippen LogP contribution in [0.4, 0.5) is 0 Å². The van der Waals surface area contributed by atoms with E-state index < -0.39 is 5.92 Å². The summed E-state index contributed by atoms with van der Waals surface area (Å²) in [6.45, 7) is 2.11. The average molecular weight is 333 g/mol. The summed E-state index contributed by atoms with van der Waals surface area (Å²) in [5, 5.41) is 0. The average Bonchev–Trinajstić information content (AvgIpc) is 3.02.